The van der Waals surface area contributed by atoms with Gasteiger partial charge in [0.1, 0.15) is 5.65 Å². The van der Waals surface area contributed by atoms with Crippen LogP contribution in [0.4, 0.5) is 0 Å². The summed E-state index contributed by atoms with van der Waals surface area (Å²) >= 11 is 0. The van der Waals surface area contributed by atoms with Gasteiger partial charge in [-0.25, -0.2) is 0 Å². The van der Waals surface area contributed by atoms with E-state index in [1.54, 1.807) is 17.9 Å². The molecule has 4 rings (SSSR count). The lowest BCUT2D eigenvalue weighted by Gasteiger charge is -2.32. The Balaban J connectivity index is 1.80. The van der Waals surface area contributed by atoms with Crippen LogP contribution in [0.1, 0.15) is 55.2 Å². The number of hydrogen-bond donors (Lipinski definition) is 2. The number of ether oxygens (including phenoxy) is 1. The fraction of sp³-hybridized carbons (Fsp3) is 0.565. The third-order valence-corrected chi connectivity index (χ3v) is 5.95. The van der Waals surface area contributed by atoms with E-state index in [4.69, 9.17) is 4.74 Å². The van der Waals surface area contributed by atoms with Gasteiger partial charge in [0.25, 0.3) is 11.5 Å². The number of fused-ring (bicyclic) bond motifs is 1. The van der Waals surface area contributed by atoms with Crippen LogP contribution in [0.15, 0.2) is 10.9 Å². The zero-order valence-corrected chi connectivity index (χ0v) is 19.5. The summed E-state index contributed by atoms with van der Waals surface area (Å²) in [6, 6.07) is 0.00796. The Morgan fingerprint density at radius 2 is 2.06 bits per heavy atom. The van der Waals surface area contributed by atoms with Crippen molar-refractivity contribution in [2.24, 2.45) is 5.92 Å². The lowest BCUT2D eigenvalue weighted by Crippen LogP contribution is -2.46. The Morgan fingerprint density at radius 1 is 1.33 bits per heavy atom. The van der Waals surface area contributed by atoms with E-state index in [2.05, 4.69) is 10.4 Å². The molecule has 0 spiro atoms. The highest BCUT2D eigenvalue weighted by Crippen LogP contribution is 2.26. The zero-order valence-electron chi connectivity index (χ0n) is 19.5. The van der Waals surface area contributed by atoms with Gasteiger partial charge >= 0.3 is 0 Å². The van der Waals surface area contributed by atoms with Crippen LogP contribution >= 0.6 is 0 Å². The normalized spacial score (nSPS) is 19.1. The molecular weight excluding hydrogens is 426 g/mol. The zero-order chi connectivity index (χ0) is 23.9. The van der Waals surface area contributed by atoms with E-state index in [1.165, 1.54) is 10.6 Å². The average Bonchev–Trinajstić information content (AvgIpc) is 3.50. The second-order valence-electron chi connectivity index (χ2n) is 9.28. The highest BCUT2D eigenvalue weighted by atomic mass is 16.5. The molecule has 2 amide bonds. The van der Waals surface area contributed by atoms with Gasteiger partial charge in [-0.05, 0) is 38.7 Å². The fourth-order valence-electron chi connectivity index (χ4n) is 4.09. The lowest BCUT2D eigenvalue weighted by molar-refractivity contribution is -0.133. The van der Waals surface area contributed by atoms with Crippen LogP contribution in [0.2, 0.25) is 0 Å². The molecule has 1 saturated carbocycles. The van der Waals surface area contributed by atoms with Gasteiger partial charge in [0.2, 0.25) is 11.8 Å². The molecule has 33 heavy (non-hydrogen) atoms. The molecule has 0 aromatic carbocycles. The summed E-state index contributed by atoms with van der Waals surface area (Å²) in [5, 5.41) is 18.2. The molecule has 1 aliphatic heterocycles. The minimum absolute atomic E-state index is 0.0309. The van der Waals surface area contributed by atoms with Crippen LogP contribution in [0.5, 0.6) is 5.88 Å². The van der Waals surface area contributed by atoms with Gasteiger partial charge in [-0.2, -0.15) is 9.61 Å². The Bertz CT molecular complexity index is 1170. The van der Waals surface area contributed by atoms with Gasteiger partial charge < -0.3 is 20.1 Å². The van der Waals surface area contributed by atoms with Crippen molar-refractivity contribution in [3.63, 3.8) is 0 Å². The first-order valence-electron chi connectivity index (χ1n) is 11.4. The number of carbonyl (C=O) groups is 2. The van der Waals surface area contributed by atoms with E-state index in [9.17, 15) is 19.5 Å². The Labute approximate surface area is 191 Å². The second-order valence-corrected chi connectivity index (χ2v) is 9.28. The lowest BCUT2D eigenvalue weighted by atomic mass is 10.1. The molecule has 2 fully saturated rings. The minimum Gasteiger partial charge on any atom is -0.494 e. The Hall–Kier alpha value is -3.14. The molecule has 1 aliphatic carbocycles. The van der Waals surface area contributed by atoms with Crippen molar-refractivity contribution in [2.45, 2.75) is 59.2 Å². The van der Waals surface area contributed by atoms with E-state index < -0.39 is 11.5 Å². The van der Waals surface area contributed by atoms with Gasteiger partial charge in [-0.1, -0.05) is 13.8 Å². The largest absolute Gasteiger partial charge is 0.494 e. The summed E-state index contributed by atoms with van der Waals surface area (Å²) < 4.78 is 8.09. The SMILES string of the molecule is Cc1nn2c(=O)c(C(=O)NC3CC3)c(O)n(CC(C)C)c2c1C=CC(=O)N1CCOCC1C. The highest BCUT2D eigenvalue weighted by molar-refractivity contribution is 5.97. The first kappa shape index (κ1) is 23.0. The standard InChI is InChI=1S/C23H31N5O5/c1-13(2)11-27-21-17(7-8-18(29)26-9-10-33-12-14(26)3)15(4)25-28(21)23(32)19(22(27)31)20(30)24-16-5-6-16/h7-8,13-14,16,31H,5-6,9-12H2,1-4H3,(H,24,30). The van der Waals surface area contributed by atoms with E-state index in [0.29, 0.717) is 43.2 Å². The molecule has 2 aromatic heterocycles. The maximum absolute atomic E-state index is 13.2. The van der Waals surface area contributed by atoms with Gasteiger partial charge in [-0.15, -0.1) is 0 Å². The van der Waals surface area contributed by atoms with Gasteiger partial charge in [0.05, 0.1) is 24.9 Å². The average molecular weight is 458 g/mol. The van der Waals surface area contributed by atoms with Crippen molar-refractivity contribution >= 4 is 23.5 Å². The molecule has 2 N–H and O–H groups in total. The smallest absolute Gasteiger partial charge is 0.291 e. The molecule has 1 atom stereocenters. The summed E-state index contributed by atoms with van der Waals surface area (Å²) in [6.45, 7) is 9.46. The molecule has 3 heterocycles. The number of amides is 2. The number of carbonyl (C=O) groups excluding carboxylic acids is 2. The van der Waals surface area contributed by atoms with Crippen LogP contribution in [0.25, 0.3) is 11.7 Å². The summed E-state index contributed by atoms with van der Waals surface area (Å²) in [4.78, 5) is 40.4. The van der Waals surface area contributed by atoms with E-state index in [1.807, 2.05) is 20.8 Å². The van der Waals surface area contributed by atoms with Gasteiger partial charge in [0.15, 0.2) is 5.56 Å². The molecule has 10 heteroatoms. The quantitative estimate of drug-likeness (QED) is 0.632. The molecule has 1 saturated heterocycles. The van der Waals surface area contributed by atoms with Crippen LogP contribution in [-0.2, 0) is 16.1 Å². The second kappa shape index (κ2) is 9.01. The first-order valence-corrected chi connectivity index (χ1v) is 11.4. The summed E-state index contributed by atoms with van der Waals surface area (Å²) in [5.41, 5.74) is 0.419. The predicted octanol–water partition coefficient (Wildman–Crippen LogP) is 1.32. The van der Waals surface area contributed by atoms with Crippen molar-refractivity contribution in [3.05, 3.63) is 33.3 Å². The summed E-state index contributed by atoms with van der Waals surface area (Å²) in [6.07, 6.45) is 4.81. The van der Waals surface area contributed by atoms with Crippen molar-refractivity contribution in [1.29, 1.82) is 0 Å². The highest BCUT2D eigenvalue weighted by Gasteiger charge is 2.30. The number of rotatable bonds is 6. The number of aromatic nitrogens is 3. The van der Waals surface area contributed by atoms with Gasteiger partial charge in [0, 0.05) is 30.8 Å². The summed E-state index contributed by atoms with van der Waals surface area (Å²) in [7, 11) is 0. The maximum Gasteiger partial charge on any atom is 0.291 e. The topological polar surface area (TPSA) is 118 Å². The molecule has 0 bridgehead atoms. The number of aromatic hydroxyl groups is 1. The number of aryl methyl sites for hydroxylation is 1. The molecular formula is C23H31N5O5. The molecule has 10 nitrogen and oxygen atoms in total. The van der Waals surface area contributed by atoms with Crippen LogP contribution in [0, 0.1) is 12.8 Å². The van der Waals surface area contributed by atoms with Crippen LogP contribution in [-0.4, -0.2) is 67.8 Å². The van der Waals surface area contributed by atoms with E-state index in [0.717, 1.165) is 17.4 Å². The number of nitrogens with zero attached hydrogens (tertiary/aromatic N) is 4. The maximum atomic E-state index is 13.2. The van der Waals surface area contributed by atoms with E-state index >= 15 is 0 Å². The number of morpholine rings is 1. The molecule has 1 unspecified atom stereocenters. The van der Waals surface area contributed by atoms with Crippen molar-refractivity contribution < 1.29 is 19.4 Å². The number of hydrogen-bond acceptors (Lipinski definition) is 6. The van der Waals surface area contributed by atoms with Crippen molar-refractivity contribution in [3.8, 4) is 5.88 Å². The van der Waals surface area contributed by atoms with Crippen LogP contribution in [0.3, 0.4) is 0 Å². The first-order chi connectivity index (χ1) is 15.7. The molecule has 178 valence electrons. The minimum atomic E-state index is -0.684. The monoisotopic (exact) mass is 457 g/mol. The summed E-state index contributed by atoms with van der Waals surface area (Å²) in [5.74, 6) is -1.03. The fourth-order valence-corrected chi connectivity index (χ4v) is 4.09. The molecule has 0 radical (unpaired) electrons. The van der Waals surface area contributed by atoms with Crippen LogP contribution < -0.4 is 10.9 Å². The predicted molar refractivity (Wildman–Crippen MR) is 122 cm³/mol. The third-order valence-electron chi connectivity index (χ3n) is 5.95. The van der Waals surface area contributed by atoms with Crippen molar-refractivity contribution in [1.82, 2.24) is 24.4 Å². The molecule has 2 aromatic rings. The third kappa shape index (κ3) is 4.52. The van der Waals surface area contributed by atoms with Crippen molar-refractivity contribution in [2.75, 3.05) is 19.8 Å². The number of nitrogens with one attached hydrogen (secondary N) is 1. The van der Waals surface area contributed by atoms with E-state index in [-0.39, 0.29) is 35.4 Å². The Kier molecular flexibility index (Phi) is 6.29. The Morgan fingerprint density at radius 3 is 2.70 bits per heavy atom. The molecule has 2 aliphatic rings. The van der Waals surface area contributed by atoms with Gasteiger partial charge in [-0.3, -0.25) is 19.0 Å².